The van der Waals surface area contributed by atoms with Gasteiger partial charge in [0.05, 0.1) is 18.2 Å². The lowest BCUT2D eigenvalue weighted by Crippen LogP contribution is -2.46. The van der Waals surface area contributed by atoms with E-state index in [4.69, 9.17) is 4.74 Å². The van der Waals surface area contributed by atoms with Crippen LogP contribution in [0.3, 0.4) is 0 Å². The highest BCUT2D eigenvalue weighted by Crippen LogP contribution is 2.23. The SMILES string of the molecule is COc1ccc(C=NNC(=O)c2cccc([N+](=O)[O-])c2)cc1CN1CCN(c2ccc(F)cc2)CC1. The third-order valence-electron chi connectivity index (χ3n) is 5.96. The van der Waals surface area contributed by atoms with Gasteiger partial charge in [0.15, 0.2) is 0 Å². The van der Waals surface area contributed by atoms with Crippen LogP contribution in [0.15, 0.2) is 71.8 Å². The molecule has 1 saturated heterocycles. The molecule has 1 amide bonds. The van der Waals surface area contributed by atoms with Gasteiger partial charge in [0, 0.05) is 61.7 Å². The zero-order valence-corrected chi connectivity index (χ0v) is 19.8. The normalized spacial score (nSPS) is 14.1. The largest absolute Gasteiger partial charge is 0.496 e. The van der Waals surface area contributed by atoms with Gasteiger partial charge in [0.25, 0.3) is 11.6 Å². The summed E-state index contributed by atoms with van der Waals surface area (Å²) in [6.07, 6.45) is 1.52. The van der Waals surface area contributed by atoms with E-state index >= 15 is 0 Å². The number of methoxy groups -OCH3 is 1. The molecule has 3 aromatic rings. The van der Waals surface area contributed by atoms with Gasteiger partial charge >= 0.3 is 0 Å². The molecule has 0 unspecified atom stereocenters. The average Bonchev–Trinajstić information content (AvgIpc) is 2.90. The summed E-state index contributed by atoms with van der Waals surface area (Å²) in [5, 5.41) is 14.9. The topological polar surface area (TPSA) is 100 Å². The maximum Gasteiger partial charge on any atom is 0.271 e. The van der Waals surface area contributed by atoms with Crippen molar-refractivity contribution in [1.82, 2.24) is 10.3 Å². The lowest BCUT2D eigenvalue weighted by atomic mass is 10.1. The molecule has 1 aliphatic heterocycles. The molecule has 0 aliphatic carbocycles. The van der Waals surface area contributed by atoms with E-state index in [-0.39, 0.29) is 17.1 Å². The Labute approximate surface area is 207 Å². The molecular weight excluding hydrogens is 465 g/mol. The Kier molecular flexibility index (Phi) is 7.86. The highest BCUT2D eigenvalue weighted by molar-refractivity contribution is 5.95. The molecule has 9 nitrogen and oxygen atoms in total. The lowest BCUT2D eigenvalue weighted by Gasteiger charge is -2.36. The molecule has 0 spiro atoms. The summed E-state index contributed by atoms with van der Waals surface area (Å²) in [6.45, 7) is 4.04. The molecule has 0 bridgehead atoms. The third kappa shape index (κ3) is 6.22. The molecule has 1 fully saturated rings. The first-order valence-corrected chi connectivity index (χ1v) is 11.4. The molecule has 4 rings (SSSR count). The molecule has 10 heteroatoms. The molecule has 0 atom stereocenters. The Balaban J connectivity index is 1.36. The van der Waals surface area contributed by atoms with Crippen molar-refractivity contribution in [3.63, 3.8) is 0 Å². The van der Waals surface area contributed by atoms with Crippen LogP contribution < -0.4 is 15.1 Å². The number of ether oxygens (including phenoxy) is 1. The molecule has 1 aliphatic rings. The van der Waals surface area contributed by atoms with E-state index in [1.54, 1.807) is 19.2 Å². The highest BCUT2D eigenvalue weighted by Gasteiger charge is 2.19. The van der Waals surface area contributed by atoms with Crippen LogP contribution in [0.5, 0.6) is 5.75 Å². The smallest absolute Gasteiger partial charge is 0.271 e. The number of nitrogens with zero attached hydrogens (tertiary/aromatic N) is 4. The van der Waals surface area contributed by atoms with Gasteiger partial charge in [0.1, 0.15) is 11.6 Å². The summed E-state index contributed by atoms with van der Waals surface area (Å²) in [6, 6.07) is 17.7. The highest BCUT2D eigenvalue weighted by atomic mass is 19.1. The van der Waals surface area contributed by atoms with Crippen LogP contribution in [-0.2, 0) is 6.54 Å². The van der Waals surface area contributed by atoms with Crippen LogP contribution in [0.4, 0.5) is 15.8 Å². The maximum absolute atomic E-state index is 13.2. The second kappa shape index (κ2) is 11.4. The Bertz CT molecular complexity index is 1260. The molecule has 0 radical (unpaired) electrons. The molecule has 36 heavy (non-hydrogen) atoms. The van der Waals surface area contributed by atoms with Gasteiger partial charge in [-0.3, -0.25) is 19.8 Å². The fraction of sp³-hybridized carbons (Fsp3) is 0.231. The summed E-state index contributed by atoms with van der Waals surface area (Å²) in [4.78, 5) is 27.2. The van der Waals surface area contributed by atoms with Crippen LogP contribution in [0.2, 0.25) is 0 Å². The van der Waals surface area contributed by atoms with Crippen LogP contribution in [0.1, 0.15) is 21.5 Å². The fourth-order valence-corrected chi connectivity index (χ4v) is 4.05. The number of halogens is 1. The van der Waals surface area contributed by atoms with E-state index in [1.165, 1.54) is 42.6 Å². The first-order chi connectivity index (χ1) is 17.4. The molecule has 1 N–H and O–H groups in total. The number of nitro groups is 1. The van der Waals surface area contributed by atoms with Gasteiger partial charge in [-0.05, 0) is 54.1 Å². The van der Waals surface area contributed by atoms with Crippen molar-refractivity contribution in [3.05, 3.63) is 99.4 Å². The van der Waals surface area contributed by atoms with Crippen molar-refractivity contribution in [1.29, 1.82) is 0 Å². The van der Waals surface area contributed by atoms with Crippen molar-refractivity contribution < 1.29 is 18.8 Å². The number of hydrogen-bond acceptors (Lipinski definition) is 7. The minimum Gasteiger partial charge on any atom is -0.496 e. The van der Waals surface area contributed by atoms with E-state index in [0.717, 1.165) is 48.7 Å². The number of nitrogens with one attached hydrogen (secondary N) is 1. The molecule has 3 aromatic carbocycles. The number of piperazine rings is 1. The Hall–Kier alpha value is -4.31. The number of carbonyl (C=O) groups is 1. The molecule has 186 valence electrons. The zero-order chi connectivity index (χ0) is 25.5. The van der Waals surface area contributed by atoms with E-state index in [0.29, 0.717) is 6.54 Å². The summed E-state index contributed by atoms with van der Waals surface area (Å²) >= 11 is 0. The van der Waals surface area contributed by atoms with Crippen LogP contribution in [-0.4, -0.2) is 55.2 Å². The van der Waals surface area contributed by atoms with Gasteiger partial charge in [-0.2, -0.15) is 5.10 Å². The van der Waals surface area contributed by atoms with Crippen LogP contribution in [0.25, 0.3) is 0 Å². The van der Waals surface area contributed by atoms with E-state index in [1.807, 2.05) is 18.2 Å². The Morgan fingerprint density at radius 2 is 1.86 bits per heavy atom. The Morgan fingerprint density at radius 1 is 1.11 bits per heavy atom. The minimum absolute atomic E-state index is 0.150. The third-order valence-corrected chi connectivity index (χ3v) is 5.96. The first kappa shape index (κ1) is 24.8. The van der Waals surface area contributed by atoms with Gasteiger partial charge in [-0.25, -0.2) is 9.82 Å². The number of hydrazone groups is 1. The minimum atomic E-state index is -0.554. The monoisotopic (exact) mass is 491 g/mol. The molecular formula is C26H26FN5O4. The second-order valence-corrected chi connectivity index (χ2v) is 8.32. The summed E-state index contributed by atoms with van der Waals surface area (Å²) in [7, 11) is 1.62. The van der Waals surface area contributed by atoms with Gasteiger partial charge in [-0.1, -0.05) is 6.07 Å². The van der Waals surface area contributed by atoms with Crippen LogP contribution in [0, 0.1) is 15.9 Å². The number of rotatable bonds is 8. The van der Waals surface area contributed by atoms with E-state index in [2.05, 4.69) is 20.3 Å². The Morgan fingerprint density at radius 3 is 2.56 bits per heavy atom. The van der Waals surface area contributed by atoms with Crippen molar-refractivity contribution in [2.45, 2.75) is 6.54 Å². The lowest BCUT2D eigenvalue weighted by molar-refractivity contribution is -0.384. The van der Waals surface area contributed by atoms with Gasteiger partial charge in [-0.15, -0.1) is 0 Å². The number of hydrogen-bond donors (Lipinski definition) is 1. The van der Waals surface area contributed by atoms with Gasteiger partial charge < -0.3 is 9.64 Å². The van der Waals surface area contributed by atoms with E-state index in [9.17, 15) is 19.3 Å². The standard InChI is InChI=1S/C26H26FN5O4/c1-36-25-10-5-19(17-28-29-26(33)20-3-2-4-24(16-20)32(34)35)15-21(25)18-30-11-13-31(14-12-30)23-8-6-22(27)7-9-23/h2-10,15-17H,11-14,18H2,1H3,(H,29,33). The van der Waals surface area contributed by atoms with Crippen molar-refractivity contribution in [2.75, 3.05) is 38.2 Å². The van der Waals surface area contributed by atoms with E-state index < -0.39 is 10.8 Å². The number of carbonyl (C=O) groups excluding carboxylic acids is 1. The zero-order valence-electron chi connectivity index (χ0n) is 19.8. The summed E-state index contributed by atoms with van der Waals surface area (Å²) in [5.41, 5.74) is 5.17. The van der Waals surface area contributed by atoms with Crippen molar-refractivity contribution in [2.24, 2.45) is 5.10 Å². The van der Waals surface area contributed by atoms with Crippen molar-refractivity contribution in [3.8, 4) is 5.75 Å². The predicted octanol–water partition coefficient (Wildman–Crippen LogP) is 3.83. The molecule has 0 saturated carbocycles. The first-order valence-electron chi connectivity index (χ1n) is 11.4. The molecule has 1 heterocycles. The number of benzene rings is 3. The number of anilines is 1. The summed E-state index contributed by atoms with van der Waals surface area (Å²) in [5.74, 6) is -0.0204. The fourth-order valence-electron chi connectivity index (χ4n) is 4.05. The predicted molar refractivity (Wildman–Crippen MR) is 135 cm³/mol. The van der Waals surface area contributed by atoms with Crippen molar-refractivity contribution >= 4 is 23.5 Å². The average molecular weight is 492 g/mol. The number of nitro benzene ring substituents is 1. The maximum atomic E-state index is 13.2. The number of non-ortho nitro benzene ring substituents is 1. The quantitative estimate of drug-likeness (QED) is 0.292. The second-order valence-electron chi connectivity index (χ2n) is 8.32. The van der Waals surface area contributed by atoms with Crippen LogP contribution >= 0.6 is 0 Å². The molecule has 0 aromatic heterocycles. The van der Waals surface area contributed by atoms with Gasteiger partial charge in [0.2, 0.25) is 0 Å². The summed E-state index contributed by atoms with van der Waals surface area (Å²) < 4.78 is 18.7. The number of amides is 1.